The Balaban J connectivity index is 1.35. The van der Waals surface area contributed by atoms with Crippen LogP contribution in [0.1, 0.15) is 30.1 Å². The number of aromatic nitrogens is 3. The highest BCUT2D eigenvalue weighted by Gasteiger charge is 2.26. The quantitative estimate of drug-likeness (QED) is 0.839. The van der Waals surface area contributed by atoms with E-state index in [0.717, 1.165) is 44.2 Å². The van der Waals surface area contributed by atoms with Crippen molar-refractivity contribution in [2.45, 2.75) is 25.3 Å². The van der Waals surface area contributed by atoms with Crippen LogP contribution in [0.5, 0.6) is 5.88 Å². The van der Waals surface area contributed by atoms with Crippen molar-refractivity contribution in [2.24, 2.45) is 0 Å². The van der Waals surface area contributed by atoms with Crippen LogP contribution in [-0.4, -0.2) is 53.1 Å². The molecule has 1 aliphatic carbocycles. The number of anilines is 1. The lowest BCUT2D eigenvalue weighted by Gasteiger charge is -2.35. The van der Waals surface area contributed by atoms with Crippen LogP contribution in [-0.2, 0) is 6.54 Å². The normalized spacial score (nSPS) is 18.6. The van der Waals surface area contributed by atoms with Gasteiger partial charge in [0.1, 0.15) is 12.1 Å². The first-order chi connectivity index (χ1) is 11.8. The van der Waals surface area contributed by atoms with Gasteiger partial charge >= 0.3 is 0 Å². The minimum atomic E-state index is 0.673. The van der Waals surface area contributed by atoms with Gasteiger partial charge in [0.2, 0.25) is 5.88 Å². The molecule has 0 radical (unpaired) electrons. The average Bonchev–Trinajstić information content (AvgIpc) is 3.48. The van der Waals surface area contributed by atoms with Crippen molar-refractivity contribution >= 4 is 5.82 Å². The Hall–Kier alpha value is -2.21. The minimum Gasteiger partial charge on any atom is -0.481 e. The smallest absolute Gasteiger partial charge is 0.213 e. The van der Waals surface area contributed by atoms with Gasteiger partial charge in [-0.2, -0.15) is 0 Å². The number of piperazine rings is 1. The summed E-state index contributed by atoms with van der Waals surface area (Å²) in [5.74, 6) is 2.43. The molecule has 6 nitrogen and oxygen atoms in total. The van der Waals surface area contributed by atoms with Crippen LogP contribution in [0.25, 0.3) is 0 Å². The summed E-state index contributed by atoms with van der Waals surface area (Å²) in [5, 5.41) is 0. The third-order valence-corrected chi connectivity index (χ3v) is 4.74. The van der Waals surface area contributed by atoms with Gasteiger partial charge in [0.15, 0.2) is 0 Å². The summed E-state index contributed by atoms with van der Waals surface area (Å²) in [6, 6.07) is 8.11. The molecule has 0 spiro atoms. The van der Waals surface area contributed by atoms with Crippen LogP contribution in [0.4, 0.5) is 5.82 Å². The van der Waals surface area contributed by atoms with E-state index in [-0.39, 0.29) is 0 Å². The van der Waals surface area contributed by atoms with Gasteiger partial charge in [0.05, 0.1) is 12.8 Å². The monoisotopic (exact) mass is 325 g/mol. The van der Waals surface area contributed by atoms with Crippen molar-refractivity contribution in [2.75, 3.05) is 38.2 Å². The highest BCUT2D eigenvalue weighted by Crippen LogP contribution is 2.39. The zero-order chi connectivity index (χ0) is 16.4. The van der Waals surface area contributed by atoms with E-state index >= 15 is 0 Å². The van der Waals surface area contributed by atoms with Crippen molar-refractivity contribution in [3.8, 4) is 5.88 Å². The molecule has 24 heavy (non-hydrogen) atoms. The molecule has 4 rings (SSSR count). The molecule has 0 amide bonds. The van der Waals surface area contributed by atoms with Gasteiger partial charge in [-0.3, -0.25) is 4.90 Å². The van der Waals surface area contributed by atoms with Crippen LogP contribution >= 0.6 is 0 Å². The molecule has 1 saturated heterocycles. The molecule has 0 atom stereocenters. The molecule has 1 aliphatic heterocycles. The average molecular weight is 325 g/mol. The predicted molar refractivity (Wildman–Crippen MR) is 92.3 cm³/mol. The van der Waals surface area contributed by atoms with Crippen molar-refractivity contribution in [3.05, 3.63) is 42.0 Å². The number of hydrogen-bond acceptors (Lipinski definition) is 6. The molecular formula is C18H23N5O. The van der Waals surface area contributed by atoms with Crippen molar-refractivity contribution in [3.63, 3.8) is 0 Å². The highest BCUT2D eigenvalue weighted by atomic mass is 16.5. The molecular weight excluding hydrogens is 302 g/mol. The van der Waals surface area contributed by atoms with E-state index in [4.69, 9.17) is 4.74 Å². The van der Waals surface area contributed by atoms with Crippen LogP contribution in [0.2, 0.25) is 0 Å². The lowest BCUT2D eigenvalue weighted by atomic mass is 10.2. The SMILES string of the molecule is COc1cccc(CN2CCN(c3cc(C4CC4)ncn3)CC2)n1. The largest absolute Gasteiger partial charge is 0.481 e. The zero-order valence-electron chi connectivity index (χ0n) is 14.1. The first-order valence-electron chi connectivity index (χ1n) is 8.61. The summed E-state index contributed by atoms with van der Waals surface area (Å²) in [5.41, 5.74) is 2.27. The maximum atomic E-state index is 5.20. The van der Waals surface area contributed by atoms with Crippen LogP contribution in [0.15, 0.2) is 30.6 Å². The van der Waals surface area contributed by atoms with Crippen LogP contribution < -0.4 is 9.64 Å². The van der Waals surface area contributed by atoms with Crippen molar-refractivity contribution in [1.82, 2.24) is 19.9 Å². The molecule has 0 N–H and O–H groups in total. The van der Waals surface area contributed by atoms with E-state index < -0.39 is 0 Å². The van der Waals surface area contributed by atoms with Gasteiger partial charge in [0.25, 0.3) is 0 Å². The lowest BCUT2D eigenvalue weighted by Crippen LogP contribution is -2.46. The summed E-state index contributed by atoms with van der Waals surface area (Å²) in [4.78, 5) is 18.2. The number of pyridine rings is 1. The molecule has 2 aliphatic rings. The summed E-state index contributed by atoms with van der Waals surface area (Å²) in [6.07, 6.45) is 4.27. The molecule has 0 aromatic carbocycles. The van der Waals surface area contributed by atoms with Gasteiger partial charge in [0, 0.05) is 56.5 Å². The second-order valence-electron chi connectivity index (χ2n) is 6.51. The fourth-order valence-corrected chi connectivity index (χ4v) is 3.16. The second kappa shape index (κ2) is 6.73. The minimum absolute atomic E-state index is 0.673. The molecule has 6 heteroatoms. The Morgan fingerprint density at radius 3 is 2.71 bits per heavy atom. The second-order valence-corrected chi connectivity index (χ2v) is 6.51. The molecule has 126 valence electrons. The zero-order valence-corrected chi connectivity index (χ0v) is 14.1. The molecule has 0 unspecified atom stereocenters. The molecule has 1 saturated carbocycles. The van der Waals surface area contributed by atoms with Crippen molar-refractivity contribution in [1.29, 1.82) is 0 Å². The van der Waals surface area contributed by atoms with E-state index in [2.05, 4.69) is 36.9 Å². The molecule has 0 bridgehead atoms. The molecule has 2 aromatic heterocycles. The van der Waals surface area contributed by atoms with Gasteiger partial charge in [-0.25, -0.2) is 15.0 Å². The standard InChI is InChI=1S/C18H23N5O/c1-24-18-4-2-3-15(21-18)12-22-7-9-23(10-8-22)17-11-16(14-5-6-14)19-13-20-17/h2-4,11,13-14H,5-10,12H2,1H3. The van der Waals surface area contributed by atoms with E-state index in [9.17, 15) is 0 Å². The highest BCUT2D eigenvalue weighted by molar-refractivity contribution is 5.41. The Labute approximate surface area is 142 Å². The number of methoxy groups -OCH3 is 1. The summed E-state index contributed by atoms with van der Waals surface area (Å²) >= 11 is 0. The van der Waals surface area contributed by atoms with Gasteiger partial charge < -0.3 is 9.64 Å². The predicted octanol–water partition coefficient (Wildman–Crippen LogP) is 2.08. The van der Waals surface area contributed by atoms with E-state index in [1.807, 2.05) is 12.1 Å². The summed E-state index contributed by atoms with van der Waals surface area (Å²) < 4.78 is 5.20. The number of ether oxygens (including phenoxy) is 1. The van der Waals surface area contributed by atoms with E-state index in [1.54, 1.807) is 13.4 Å². The molecule has 2 fully saturated rings. The maximum Gasteiger partial charge on any atom is 0.213 e. The lowest BCUT2D eigenvalue weighted by molar-refractivity contribution is 0.245. The fourth-order valence-electron chi connectivity index (χ4n) is 3.16. The molecule has 2 aromatic rings. The fraction of sp³-hybridized carbons (Fsp3) is 0.500. The molecule has 3 heterocycles. The topological polar surface area (TPSA) is 54.4 Å². The van der Waals surface area contributed by atoms with Gasteiger partial charge in [-0.05, 0) is 18.9 Å². The maximum absolute atomic E-state index is 5.20. The number of hydrogen-bond donors (Lipinski definition) is 0. The number of nitrogens with zero attached hydrogens (tertiary/aromatic N) is 5. The number of rotatable bonds is 5. The first-order valence-corrected chi connectivity index (χ1v) is 8.61. The van der Waals surface area contributed by atoms with E-state index in [1.165, 1.54) is 18.5 Å². The van der Waals surface area contributed by atoms with Gasteiger partial charge in [-0.1, -0.05) is 6.07 Å². The third-order valence-electron chi connectivity index (χ3n) is 4.74. The first kappa shape index (κ1) is 15.3. The Morgan fingerprint density at radius 2 is 1.96 bits per heavy atom. The van der Waals surface area contributed by atoms with E-state index in [0.29, 0.717) is 11.8 Å². The Kier molecular flexibility index (Phi) is 4.30. The van der Waals surface area contributed by atoms with Gasteiger partial charge in [-0.15, -0.1) is 0 Å². The van der Waals surface area contributed by atoms with Crippen LogP contribution in [0.3, 0.4) is 0 Å². The third kappa shape index (κ3) is 3.48. The van der Waals surface area contributed by atoms with Crippen LogP contribution in [0, 0.1) is 0 Å². The summed E-state index contributed by atoms with van der Waals surface area (Å²) in [6.45, 7) is 4.88. The Morgan fingerprint density at radius 1 is 1.12 bits per heavy atom. The summed E-state index contributed by atoms with van der Waals surface area (Å²) in [7, 11) is 1.66. The van der Waals surface area contributed by atoms with Crippen molar-refractivity contribution < 1.29 is 4.74 Å². The Bertz CT molecular complexity index is 695.